The van der Waals surface area contributed by atoms with Gasteiger partial charge < -0.3 is 5.32 Å². The molecule has 0 aliphatic carbocycles. The van der Waals surface area contributed by atoms with E-state index in [4.69, 9.17) is 0 Å². The topological polar surface area (TPSA) is 12.0 Å². The molecule has 2 aromatic rings. The van der Waals surface area contributed by atoms with Crippen molar-refractivity contribution in [3.63, 3.8) is 0 Å². The van der Waals surface area contributed by atoms with E-state index in [1.807, 2.05) is 11.3 Å². The monoisotopic (exact) mass is 247 g/mol. The Bertz CT molecular complexity index is 441. The van der Waals surface area contributed by atoms with Gasteiger partial charge in [0.25, 0.3) is 0 Å². The van der Waals surface area contributed by atoms with Crippen molar-refractivity contribution in [1.29, 1.82) is 0 Å². The second-order valence-electron chi connectivity index (χ2n) is 4.66. The molecule has 0 radical (unpaired) electrons. The van der Waals surface area contributed by atoms with Crippen LogP contribution in [0.4, 0.5) is 0 Å². The molecule has 17 heavy (non-hydrogen) atoms. The summed E-state index contributed by atoms with van der Waals surface area (Å²) in [6.45, 7) is 4.59. The average molecular weight is 247 g/mol. The Morgan fingerprint density at radius 3 is 2.71 bits per heavy atom. The highest BCUT2D eigenvalue weighted by Gasteiger charge is 2.18. The van der Waals surface area contributed by atoms with E-state index in [-0.39, 0.29) is 0 Å². The van der Waals surface area contributed by atoms with Gasteiger partial charge in [0.2, 0.25) is 0 Å². The van der Waals surface area contributed by atoms with Gasteiger partial charge in [0.15, 0.2) is 0 Å². The van der Waals surface area contributed by atoms with Gasteiger partial charge in [0.1, 0.15) is 0 Å². The summed E-state index contributed by atoms with van der Waals surface area (Å²) in [7, 11) is 2.07. The summed E-state index contributed by atoms with van der Waals surface area (Å²) in [6.07, 6.45) is 2.48. The molecule has 0 aliphatic rings. The Hall–Kier alpha value is -0.860. The summed E-state index contributed by atoms with van der Waals surface area (Å²) in [5.41, 5.74) is 0. The first-order chi connectivity index (χ1) is 8.26. The summed E-state index contributed by atoms with van der Waals surface area (Å²) >= 11 is 1.93. The summed E-state index contributed by atoms with van der Waals surface area (Å²) in [4.78, 5) is 1.50. The van der Waals surface area contributed by atoms with Crippen molar-refractivity contribution in [3.05, 3.63) is 35.2 Å². The second kappa shape index (κ2) is 5.65. The zero-order valence-electron chi connectivity index (χ0n) is 10.9. The van der Waals surface area contributed by atoms with E-state index >= 15 is 0 Å². The number of rotatable bonds is 5. The van der Waals surface area contributed by atoms with Crippen LogP contribution in [-0.4, -0.2) is 13.1 Å². The van der Waals surface area contributed by atoms with Crippen molar-refractivity contribution in [1.82, 2.24) is 5.32 Å². The van der Waals surface area contributed by atoms with Crippen LogP contribution in [0.3, 0.4) is 0 Å². The number of benzene rings is 1. The Kier molecular flexibility index (Phi) is 4.19. The average Bonchev–Trinajstić information content (AvgIpc) is 2.78. The molecule has 0 amide bonds. The first-order valence-electron chi connectivity index (χ1n) is 6.42. The molecule has 0 saturated carbocycles. The smallest absolute Gasteiger partial charge is 0.0345 e. The van der Waals surface area contributed by atoms with Crippen molar-refractivity contribution < 1.29 is 0 Å². The normalized spacial score (nSPS) is 15.0. The Morgan fingerprint density at radius 2 is 2.06 bits per heavy atom. The van der Waals surface area contributed by atoms with E-state index in [0.29, 0.717) is 12.0 Å². The molecular formula is C15H21NS. The Labute approximate surface area is 108 Å². The van der Waals surface area contributed by atoms with Gasteiger partial charge in [-0.1, -0.05) is 38.5 Å². The number of hydrogen-bond donors (Lipinski definition) is 1. The van der Waals surface area contributed by atoms with Gasteiger partial charge in [0.05, 0.1) is 0 Å². The third kappa shape index (κ3) is 2.70. The maximum Gasteiger partial charge on any atom is 0.0345 e. The number of likely N-dealkylation sites (N-methyl/N-ethyl adjacent to an activating group) is 1. The summed E-state index contributed by atoms with van der Waals surface area (Å²) in [5, 5.41) is 4.83. The quantitative estimate of drug-likeness (QED) is 0.826. The molecule has 2 unspecified atom stereocenters. The van der Waals surface area contributed by atoms with Gasteiger partial charge in [-0.05, 0) is 31.0 Å². The van der Waals surface area contributed by atoms with Crippen molar-refractivity contribution in [2.45, 2.75) is 38.6 Å². The SMILES string of the molecule is CCCC(NC)C(C)c1cc2ccccc2s1. The van der Waals surface area contributed by atoms with E-state index in [0.717, 1.165) is 0 Å². The van der Waals surface area contributed by atoms with Crippen molar-refractivity contribution >= 4 is 21.4 Å². The molecule has 1 aromatic heterocycles. The highest BCUT2D eigenvalue weighted by molar-refractivity contribution is 7.19. The highest BCUT2D eigenvalue weighted by Crippen LogP contribution is 2.33. The maximum absolute atomic E-state index is 3.45. The van der Waals surface area contributed by atoms with Gasteiger partial charge in [0, 0.05) is 21.5 Å². The number of fused-ring (bicyclic) bond motifs is 1. The van der Waals surface area contributed by atoms with E-state index in [9.17, 15) is 0 Å². The zero-order chi connectivity index (χ0) is 12.3. The number of hydrogen-bond acceptors (Lipinski definition) is 2. The minimum Gasteiger partial charge on any atom is -0.316 e. The molecule has 0 aliphatic heterocycles. The number of thiophene rings is 1. The van der Waals surface area contributed by atoms with Crippen LogP contribution in [0.1, 0.15) is 37.5 Å². The lowest BCUT2D eigenvalue weighted by atomic mass is 9.96. The molecule has 0 saturated heterocycles. The van der Waals surface area contributed by atoms with Gasteiger partial charge in [-0.3, -0.25) is 0 Å². The van der Waals surface area contributed by atoms with Crippen molar-refractivity contribution in [2.75, 3.05) is 7.05 Å². The third-order valence-corrected chi connectivity index (χ3v) is 4.78. The molecule has 2 rings (SSSR count). The molecule has 2 heteroatoms. The van der Waals surface area contributed by atoms with Crippen LogP contribution in [0.5, 0.6) is 0 Å². The van der Waals surface area contributed by atoms with E-state index in [2.05, 4.69) is 56.5 Å². The predicted molar refractivity (Wildman–Crippen MR) is 78.0 cm³/mol. The van der Waals surface area contributed by atoms with Crippen LogP contribution in [0, 0.1) is 0 Å². The first kappa shape index (κ1) is 12.6. The molecule has 2 atom stereocenters. The fourth-order valence-corrected chi connectivity index (χ4v) is 3.56. The fourth-order valence-electron chi connectivity index (χ4n) is 2.38. The summed E-state index contributed by atoms with van der Waals surface area (Å²) in [5.74, 6) is 0.595. The van der Waals surface area contributed by atoms with E-state index in [1.165, 1.54) is 27.8 Å². The lowest BCUT2D eigenvalue weighted by molar-refractivity contribution is 0.455. The highest BCUT2D eigenvalue weighted by atomic mass is 32.1. The molecule has 92 valence electrons. The standard InChI is InChI=1S/C15H21NS/c1-4-7-13(16-3)11(2)15-10-12-8-5-6-9-14(12)17-15/h5-6,8-11,13,16H,4,7H2,1-3H3. The molecule has 1 heterocycles. The number of nitrogens with one attached hydrogen (secondary N) is 1. The molecular weight excluding hydrogens is 226 g/mol. The van der Waals surface area contributed by atoms with E-state index in [1.54, 1.807) is 0 Å². The molecule has 1 aromatic carbocycles. The minimum atomic E-state index is 0.591. The largest absolute Gasteiger partial charge is 0.316 e. The Balaban J connectivity index is 2.25. The van der Waals surface area contributed by atoms with Crippen LogP contribution in [0.2, 0.25) is 0 Å². The van der Waals surface area contributed by atoms with Crippen LogP contribution in [-0.2, 0) is 0 Å². The predicted octanol–water partition coefficient (Wildman–Crippen LogP) is 4.39. The second-order valence-corrected chi connectivity index (χ2v) is 5.77. The molecule has 0 fully saturated rings. The first-order valence-corrected chi connectivity index (χ1v) is 7.23. The van der Waals surface area contributed by atoms with Gasteiger partial charge in [-0.15, -0.1) is 11.3 Å². The van der Waals surface area contributed by atoms with Gasteiger partial charge >= 0.3 is 0 Å². The summed E-state index contributed by atoms with van der Waals surface area (Å²) in [6, 6.07) is 11.6. The summed E-state index contributed by atoms with van der Waals surface area (Å²) < 4.78 is 1.40. The van der Waals surface area contributed by atoms with Gasteiger partial charge in [-0.25, -0.2) is 0 Å². The van der Waals surface area contributed by atoms with Crippen LogP contribution in [0.15, 0.2) is 30.3 Å². The van der Waals surface area contributed by atoms with Crippen LogP contribution >= 0.6 is 11.3 Å². The molecule has 1 N–H and O–H groups in total. The van der Waals surface area contributed by atoms with Crippen molar-refractivity contribution in [3.8, 4) is 0 Å². The maximum atomic E-state index is 3.45. The van der Waals surface area contributed by atoms with Gasteiger partial charge in [-0.2, -0.15) is 0 Å². The molecule has 1 nitrogen and oxygen atoms in total. The third-order valence-electron chi connectivity index (χ3n) is 3.47. The van der Waals surface area contributed by atoms with Crippen LogP contribution < -0.4 is 5.32 Å². The zero-order valence-corrected chi connectivity index (χ0v) is 11.7. The fraction of sp³-hybridized carbons (Fsp3) is 0.467. The lowest BCUT2D eigenvalue weighted by Gasteiger charge is -2.22. The van der Waals surface area contributed by atoms with E-state index < -0.39 is 0 Å². The van der Waals surface area contributed by atoms with Crippen molar-refractivity contribution in [2.24, 2.45) is 0 Å². The lowest BCUT2D eigenvalue weighted by Crippen LogP contribution is -2.30. The molecule has 0 bridgehead atoms. The van der Waals surface area contributed by atoms with Crippen LogP contribution in [0.25, 0.3) is 10.1 Å². The minimum absolute atomic E-state index is 0.591. The Morgan fingerprint density at radius 1 is 1.29 bits per heavy atom. The molecule has 0 spiro atoms.